The summed E-state index contributed by atoms with van der Waals surface area (Å²) in [5.74, 6) is 0.988. The van der Waals surface area contributed by atoms with Gasteiger partial charge in [-0.25, -0.2) is 0 Å². The number of para-hydroxylation sites is 1. The number of hydrogen-bond acceptors (Lipinski definition) is 5. The summed E-state index contributed by atoms with van der Waals surface area (Å²) in [6, 6.07) is 16.2. The van der Waals surface area contributed by atoms with E-state index in [4.69, 9.17) is 0 Å². The van der Waals surface area contributed by atoms with Crippen LogP contribution in [0.25, 0.3) is 11.4 Å². The number of carbonyl (C=O) groups excluding carboxylic acids is 1. The van der Waals surface area contributed by atoms with Gasteiger partial charge in [-0.1, -0.05) is 57.2 Å². The second-order valence-electron chi connectivity index (χ2n) is 7.65. The van der Waals surface area contributed by atoms with Crippen molar-refractivity contribution in [2.24, 2.45) is 0 Å². The predicted molar refractivity (Wildman–Crippen MR) is 116 cm³/mol. The third-order valence-electron chi connectivity index (χ3n) is 5.11. The summed E-state index contributed by atoms with van der Waals surface area (Å²) in [5.41, 5.74) is 3.14. The highest BCUT2D eigenvalue weighted by molar-refractivity contribution is 8.00. The van der Waals surface area contributed by atoms with E-state index in [9.17, 15) is 4.79 Å². The molecule has 0 saturated carbocycles. The van der Waals surface area contributed by atoms with Crippen LogP contribution < -0.4 is 4.90 Å². The Balaban J connectivity index is 1.51. The van der Waals surface area contributed by atoms with Crippen molar-refractivity contribution in [2.45, 2.75) is 49.8 Å². The molecule has 0 bridgehead atoms. The number of carbonyl (C=O) groups is 1. The zero-order valence-electron chi connectivity index (χ0n) is 16.9. The average molecular weight is 408 g/mol. The molecule has 2 heterocycles. The van der Waals surface area contributed by atoms with Gasteiger partial charge in [-0.05, 0) is 35.2 Å². The van der Waals surface area contributed by atoms with Crippen molar-refractivity contribution < 1.29 is 4.79 Å². The topological polar surface area (TPSA) is 63.9 Å². The molecule has 1 aliphatic heterocycles. The number of aromatic nitrogens is 4. The van der Waals surface area contributed by atoms with Crippen molar-refractivity contribution in [3.05, 3.63) is 54.1 Å². The summed E-state index contributed by atoms with van der Waals surface area (Å²) in [5, 5.41) is 13.1. The van der Waals surface area contributed by atoms with Gasteiger partial charge in [-0.15, -0.1) is 22.0 Å². The van der Waals surface area contributed by atoms with E-state index >= 15 is 0 Å². The van der Waals surface area contributed by atoms with Crippen molar-refractivity contribution in [1.82, 2.24) is 20.2 Å². The van der Waals surface area contributed by atoms with Gasteiger partial charge in [0.05, 0.1) is 5.69 Å². The zero-order chi connectivity index (χ0) is 20.4. The highest BCUT2D eigenvalue weighted by atomic mass is 32.2. The molecular weight excluding hydrogens is 382 g/mol. The first-order valence-electron chi connectivity index (χ1n) is 9.95. The molecule has 29 heavy (non-hydrogen) atoms. The van der Waals surface area contributed by atoms with Crippen LogP contribution in [-0.4, -0.2) is 37.9 Å². The minimum atomic E-state index is -0.0220. The monoisotopic (exact) mass is 407 g/mol. The number of thioether (sulfide) groups is 1. The van der Waals surface area contributed by atoms with Crippen molar-refractivity contribution in [2.75, 3.05) is 11.4 Å². The molecule has 0 N–H and O–H groups in total. The van der Waals surface area contributed by atoms with Crippen molar-refractivity contribution in [3.63, 3.8) is 0 Å². The van der Waals surface area contributed by atoms with Gasteiger partial charge < -0.3 is 4.90 Å². The van der Waals surface area contributed by atoms with Crippen LogP contribution in [0.1, 0.15) is 38.7 Å². The van der Waals surface area contributed by atoms with Gasteiger partial charge in [0.25, 0.3) is 5.91 Å². The molecular formula is C22H25N5OS. The zero-order valence-corrected chi connectivity index (χ0v) is 17.8. The van der Waals surface area contributed by atoms with Crippen LogP contribution in [0.15, 0.2) is 53.4 Å². The van der Waals surface area contributed by atoms with Gasteiger partial charge in [-0.3, -0.25) is 4.79 Å². The molecule has 7 heteroatoms. The lowest BCUT2D eigenvalue weighted by Crippen LogP contribution is -2.35. The maximum Gasteiger partial charge on any atom is 0.250 e. The molecule has 1 aliphatic rings. The molecule has 0 unspecified atom stereocenters. The Morgan fingerprint density at radius 1 is 1.17 bits per heavy atom. The van der Waals surface area contributed by atoms with E-state index in [1.165, 1.54) is 10.4 Å². The summed E-state index contributed by atoms with van der Waals surface area (Å²) in [4.78, 5) is 17.4. The minimum Gasteiger partial charge on any atom is -0.310 e. The molecule has 1 amide bonds. The van der Waals surface area contributed by atoms with Gasteiger partial charge in [0.2, 0.25) is 5.82 Å². The van der Waals surface area contributed by atoms with Crippen LogP contribution in [0.5, 0.6) is 0 Å². The smallest absolute Gasteiger partial charge is 0.250 e. The Labute approximate surface area is 175 Å². The number of benzene rings is 2. The fourth-order valence-corrected chi connectivity index (χ4v) is 4.51. The number of fused-ring (bicyclic) bond motifs is 1. The molecule has 1 atom stereocenters. The third-order valence-corrected chi connectivity index (χ3v) is 6.35. The van der Waals surface area contributed by atoms with E-state index in [1.807, 2.05) is 47.0 Å². The SMILES string of the molecule is CC(C)c1ccc(-c2nnn(CC(=O)N3CC[C@@H](C)Sc4ccccc43)n2)cc1. The van der Waals surface area contributed by atoms with Gasteiger partial charge in [0, 0.05) is 22.3 Å². The number of nitrogens with zero attached hydrogens (tertiary/aromatic N) is 5. The second-order valence-corrected chi connectivity index (χ2v) is 9.13. The predicted octanol–water partition coefficient (Wildman–Crippen LogP) is 4.38. The Kier molecular flexibility index (Phi) is 5.67. The fourth-order valence-electron chi connectivity index (χ4n) is 3.40. The van der Waals surface area contributed by atoms with Crippen LogP contribution in [0.3, 0.4) is 0 Å². The Morgan fingerprint density at radius 3 is 2.69 bits per heavy atom. The van der Waals surface area contributed by atoms with E-state index in [-0.39, 0.29) is 12.5 Å². The minimum absolute atomic E-state index is 0.0220. The van der Waals surface area contributed by atoms with Gasteiger partial charge in [0.1, 0.15) is 6.54 Å². The van der Waals surface area contributed by atoms with Gasteiger partial charge in [0.15, 0.2) is 0 Å². The molecule has 0 fully saturated rings. The molecule has 1 aromatic heterocycles. The number of rotatable bonds is 4. The molecule has 0 radical (unpaired) electrons. The van der Waals surface area contributed by atoms with Crippen molar-refractivity contribution in [1.29, 1.82) is 0 Å². The second kappa shape index (κ2) is 8.37. The van der Waals surface area contributed by atoms with Crippen molar-refractivity contribution in [3.8, 4) is 11.4 Å². The van der Waals surface area contributed by atoms with Crippen LogP contribution in [0, 0.1) is 0 Å². The van der Waals surface area contributed by atoms with Gasteiger partial charge >= 0.3 is 0 Å². The average Bonchev–Trinajstić information content (AvgIpc) is 3.10. The van der Waals surface area contributed by atoms with E-state index < -0.39 is 0 Å². The molecule has 6 nitrogen and oxygen atoms in total. The highest BCUT2D eigenvalue weighted by Gasteiger charge is 2.24. The molecule has 3 aromatic rings. The standard InChI is InChI=1S/C22H25N5OS/c1-15(2)17-8-10-18(11-9-17)22-23-25-27(24-22)14-21(28)26-13-12-16(3)29-20-7-5-4-6-19(20)26/h4-11,15-16H,12-14H2,1-3H3/t16-/m1/s1. The van der Waals surface area contributed by atoms with Crippen LogP contribution in [0.4, 0.5) is 5.69 Å². The lowest BCUT2D eigenvalue weighted by atomic mass is 10.0. The maximum atomic E-state index is 13.0. The Morgan fingerprint density at radius 2 is 1.93 bits per heavy atom. The summed E-state index contributed by atoms with van der Waals surface area (Å²) in [7, 11) is 0. The van der Waals surface area contributed by atoms with Crippen LogP contribution >= 0.6 is 11.8 Å². The molecule has 2 aromatic carbocycles. The van der Waals surface area contributed by atoms with Crippen molar-refractivity contribution >= 4 is 23.4 Å². The number of anilines is 1. The molecule has 4 rings (SSSR count). The normalized spacial score (nSPS) is 16.6. The Bertz CT molecular complexity index is 998. The van der Waals surface area contributed by atoms with E-state index in [1.54, 1.807) is 0 Å². The van der Waals surface area contributed by atoms with E-state index in [0.717, 1.165) is 22.6 Å². The first-order chi connectivity index (χ1) is 14.0. The number of tetrazole rings is 1. The summed E-state index contributed by atoms with van der Waals surface area (Å²) < 4.78 is 0. The molecule has 150 valence electrons. The largest absolute Gasteiger partial charge is 0.310 e. The molecule has 0 aliphatic carbocycles. The first-order valence-corrected chi connectivity index (χ1v) is 10.8. The van der Waals surface area contributed by atoms with E-state index in [0.29, 0.717) is 23.5 Å². The molecule has 0 saturated heterocycles. The fraction of sp³-hybridized carbons (Fsp3) is 0.364. The van der Waals surface area contributed by atoms with Gasteiger partial charge in [-0.2, -0.15) is 4.80 Å². The van der Waals surface area contributed by atoms with Crippen LogP contribution in [0.2, 0.25) is 0 Å². The first kappa shape index (κ1) is 19.6. The Hall–Kier alpha value is -2.67. The maximum absolute atomic E-state index is 13.0. The summed E-state index contributed by atoms with van der Waals surface area (Å²) in [6.45, 7) is 7.29. The highest BCUT2D eigenvalue weighted by Crippen LogP contribution is 2.37. The molecule has 0 spiro atoms. The lowest BCUT2D eigenvalue weighted by molar-refractivity contribution is -0.119. The summed E-state index contributed by atoms with van der Waals surface area (Å²) >= 11 is 1.82. The lowest BCUT2D eigenvalue weighted by Gasteiger charge is -2.22. The van der Waals surface area contributed by atoms with Crippen LogP contribution in [-0.2, 0) is 11.3 Å². The number of hydrogen-bond donors (Lipinski definition) is 0. The number of amides is 1. The quantitative estimate of drug-likeness (QED) is 0.642. The summed E-state index contributed by atoms with van der Waals surface area (Å²) in [6.07, 6.45) is 0.948. The third kappa shape index (κ3) is 4.34. The van der Waals surface area contributed by atoms with E-state index in [2.05, 4.69) is 54.4 Å².